The molecule has 0 amide bonds. The van der Waals surface area contributed by atoms with Crippen molar-refractivity contribution in [3.63, 3.8) is 0 Å². The van der Waals surface area contributed by atoms with E-state index in [-0.39, 0.29) is 22.8 Å². The summed E-state index contributed by atoms with van der Waals surface area (Å²) >= 11 is 5.86. The molecule has 0 atom stereocenters. The zero-order valence-electron chi connectivity index (χ0n) is 12.8. The molecule has 6 heteroatoms. The van der Waals surface area contributed by atoms with Gasteiger partial charge in [-0.15, -0.1) is 0 Å². The average Bonchev–Trinajstić information content (AvgIpc) is 2.55. The Morgan fingerprint density at radius 2 is 1.88 bits per heavy atom. The minimum absolute atomic E-state index is 0.0384. The number of carbonyl (C=O) groups excluding carboxylic acids is 1. The third-order valence-corrected chi connectivity index (χ3v) is 3.58. The highest BCUT2D eigenvalue weighted by Crippen LogP contribution is 2.30. The van der Waals surface area contributed by atoms with Gasteiger partial charge in [0.2, 0.25) is 0 Å². The van der Waals surface area contributed by atoms with Gasteiger partial charge >= 0.3 is 5.97 Å². The fraction of sp³-hybridized carbons (Fsp3) is 0.111. The molecule has 0 saturated carbocycles. The number of ketones is 1. The molecular formula is C18H15ClO5. The summed E-state index contributed by atoms with van der Waals surface area (Å²) in [7, 11) is 1.56. The summed E-state index contributed by atoms with van der Waals surface area (Å²) in [4.78, 5) is 23.1. The van der Waals surface area contributed by atoms with Crippen molar-refractivity contribution >= 4 is 29.4 Å². The molecule has 2 aromatic rings. The van der Waals surface area contributed by atoms with Crippen LogP contribution in [-0.4, -0.2) is 29.1 Å². The summed E-state index contributed by atoms with van der Waals surface area (Å²) in [5, 5.41) is 18.7. The van der Waals surface area contributed by atoms with Crippen LogP contribution in [0.1, 0.15) is 21.5 Å². The van der Waals surface area contributed by atoms with Crippen molar-refractivity contribution < 1.29 is 24.5 Å². The van der Waals surface area contributed by atoms with E-state index in [4.69, 9.17) is 21.4 Å². The van der Waals surface area contributed by atoms with Gasteiger partial charge in [0.05, 0.1) is 24.1 Å². The molecule has 2 N–H and O–H groups in total. The lowest BCUT2D eigenvalue weighted by atomic mass is 10.0. The van der Waals surface area contributed by atoms with Crippen LogP contribution in [0.2, 0.25) is 5.02 Å². The average molecular weight is 347 g/mol. The van der Waals surface area contributed by atoms with E-state index in [9.17, 15) is 14.7 Å². The molecule has 2 rings (SSSR count). The van der Waals surface area contributed by atoms with Crippen LogP contribution >= 0.6 is 11.6 Å². The highest BCUT2D eigenvalue weighted by Gasteiger charge is 2.15. The number of rotatable bonds is 6. The van der Waals surface area contributed by atoms with Crippen LogP contribution in [0.15, 0.2) is 42.5 Å². The maximum absolute atomic E-state index is 12.3. The lowest BCUT2D eigenvalue weighted by Gasteiger charge is -2.06. The molecule has 5 nitrogen and oxygen atoms in total. The molecule has 0 unspecified atom stereocenters. The molecule has 0 spiro atoms. The SMILES string of the molecule is COc1ccc(C=CC(=O)c2cc(CC(=O)O)cc(Cl)c2O)cc1. The van der Waals surface area contributed by atoms with Crippen LogP contribution in [-0.2, 0) is 11.2 Å². The van der Waals surface area contributed by atoms with E-state index in [1.807, 2.05) is 0 Å². The zero-order valence-corrected chi connectivity index (χ0v) is 13.6. The monoisotopic (exact) mass is 346 g/mol. The summed E-state index contributed by atoms with van der Waals surface area (Å²) in [5.41, 5.74) is 1.08. The van der Waals surface area contributed by atoms with Gasteiger partial charge in [-0.05, 0) is 41.5 Å². The molecule has 0 aliphatic rings. The number of hydrogen-bond donors (Lipinski definition) is 2. The van der Waals surface area contributed by atoms with E-state index in [1.165, 1.54) is 18.2 Å². The second-order valence-electron chi connectivity index (χ2n) is 5.02. The standard InChI is InChI=1S/C18H15ClO5/c1-24-13-5-2-11(3-6-13)4-7-16(20)14-8-12(10-17(21)22)9-15(19)18(14)23/h2-9,23H,10H2,1H3,(H,21,22). The number of phenolic OH excluding ortho intramolecular Hbond substituents is 1. The number of carboxylic acids is 1. The maximum atomic E-state index is 12.3. The smallest absolute Gasteiger partial charge is 0.307 e. The first-order chi connectivity index (χ1) is 11.4. The molecular weight excluding hydrogens is 332 g/mol. The molecule has 0 heterocycles. The largest absolute Gasteiger partial charge is 0.506 e. The van der Waals surface area contributed by atoms with E-state index in [0.29, 0.717) is 11.3 Å². The first-order valence-corrected chi connectivity index (χ1v) is 7.38. The van der Waals surface area contributed by atoms with Crippen LogP contribution in [0, 0.1) is 0 Å². The van der Waals surface area contributed by atoms with E-state index >= 15 is 0 Å². The molecule has 124 valence electrons. The van der Waals surface area contributed by atoms with Gasteiger partial charge in [0.15, 0.2) is 5.78 Å². The van der Waals surface area contributed by atoms with Crippen molar-refractivity contribution in [1.29, 1.82) is 0 Å². The topological polar surface area (TPSA) is 83.8 Å². The molecule has 2 aromatic carbocycles. The first-order valence-electron chi connectivity index (χ1n) is 7.00. The van der Waals surface area contributed by atoms with Gasteiger partial charge < -0.3 is 14.9 Å². The Morgan fingerprint density at radius 3 is 2.46 bits per heavy atom. The Hall–Kier alpha value is -2.79. The lowest BCUT2D eigenvalue weighted by Crippen LogP contribution is -2.03. The number of carbonyl (C=O) groups is 2. The van der Waals surface area contributed by atoms with E-state index < -0.39 is 11.8 Å². The number of aromatic hydroxyl groups is 1. The Kier molecular flexibility index (Phi) is 5.60. The van der Waals surface area contributed by atoms with Gasteiger partial charge in [-0.3, -0.25) is 9.59 Å². The molecule has 24 heavy (non-hydrogen) atoms. The number of carboxylic acid groups (broad SMARTS) is 1. The number of allylic oxidation sites excluding steroid dienone is 1. The Morgan fingerprint density at radius 1 is 1.21 bits per heavy atom. The fourth-order valence-corrected chi connectivity index (χ4v) is 2.34. The van der Waals surface area contributed by atoms with Gasteiger partial charge in [0.25, 0.3) is 0 Å². The third-order valence-electron chi connectivity index (χ3n) is 3.29. The van der Waals surface area contributed by atoms with Crippen LogP contribution in [0.5, 0.6) is 11.5 Å². The van der Waals surface area contributed by atoms with Crippen LogP contribution in [0.25, 0.3) is 6.08 Å². The summed E-state index contributed by atoms with van der Waals surface area (Å²) in [6.45, 7) is 0. The molecule has 0 radical (unpaired) electrons. The van der Waals surface area contributed by atoms with Crippen LogP contribution < -0.4 is 4.74 Å². The highest BCUT2D eigenvalue weighted by molar-refractivity contribution is 6.33. The van der Waals surface area contributed by atoms with Gasteiger partial charge in [-0.25, -0.2) is 0 Å². The van der Waals surface area contributed by atoms with E-state index in [2.05, 4.69) is 0 Å². The van der Waals surface area contributed by atoms with Gasteiger partial charge in [0, 0.05) is 0 Å². The van der Waals surface area contributed by atoms with Gasteiger partial charge in [0.1, 0.15) is 11.5 Å². The predicted molar refractivity (Wildman–Crippen MR) is 90.8 cm³/mol. The fourth-order valence-electron chi connectivity index (χ4n) is 2.10. The van der Waals surface area contributed by atoms with Gasteiger partial charge in [-0.1, -0.05) is 29.8 Å². The lowest BCUT2D eigenvalue weighted by molar-refractivity contribution is -0.136. The molecule has 0 aromatic heterocycles. The minimum atomic E-state index is -1.05. The third kappa shape index (κ3) is 4.36. The van der Waals surface area contributed by atoms with Crippen molar-refractivity contribution in [1.82, 2.24) is 0 Å². The molecule has 0 fully saturated rings. The maximum Gasteiger partial charge on any atom is 0.307 e. The number of aliphatic carboxylic acids is 1. The molecule has 0 saturated heterocycles. The quantitative estimate of drug-likeness (QED) is 0.617. The highest BCUT2D eigenvalue weighted by atomic mass is 35.5. The molecule has 0 aliphatic carbocycles. The number of hydrogen-bond acceptors (Lipinski definition) is 4. The summed E-state index contributed by atoms with van der Waals surface area (Å²) in [6.07, 6.45) is 2.58. The summed E-state index contributed by atoms with van der Waals surface area (Å²) in [6, 6.07) is 9.72. The Balaban J connectivity index is 2.26. The predicted octanol–water partition coefficient (Wildman–Crippen LogP) is 3.58. The van der Waals surface area contributed by atoms with Gasteiger partial charge in [-0.2, -0.15) is 0 Å². The van der Waals surface area contributed by atoms with Crippen molar-refractivity contribution in [3.8, 4) is 11.5 Å². The second kappa shape index (κ2) is 7.66. The first kappa shape index (κ1) is 17.6. The number of phenols is 1. The Bertz CT molecular complexity index is 794. The normalized spacial score (nSPS) is 10.8. The van der Waals surface area contributed by atoms with Crippen LogP contribution in [0.4, 0.5) is 0 Å². The van der Waals surface area contributed by atoms with Crippen molar-refractivity contribution in [3.05, 3.63) is 64.2 Å². The van der Waals surface area contributed by atoms with Crippen molar-refractivity contribution in [2.24, 2.45) is 0 Å². The number of benzene rings is 2. The second-order valence-corrected chi connectivity index (χ2v) is 5.42. The van der Waals surface area contributed by atoms with Crippen LogP contribution in [0.3, 0.4) is 0 Å². The van der Waals surface area contributed by atoms with E-state index in [0.717, 1.165) is 5.56 Å². The minimum Gasteiger partial charge on any atom is -0.506 e. The molecule has 0 aliphatic heterocycles. The van der Waals surface area contributed by atoms with Crippen molar-refractivity contribution in [2.45, 2.75) is 6.42 Å². The Labute approximate surface area is 143 Å². The number of ether oxygens (including phenoxy) is 1. The number of halogens is 1. The van der Waals surface area contributed by atoms with Crippen molar-refractivity contribution in [2.75, 3.05) is 7.11 Å². The number of methoxy groups -OCH3 is 1. The van der Waals surface area contributed by atoms with E-state index in [1.54, 1.807) is 37.5 Å². The molecule has 0 bridgehead atoms. The zero-order chi connectivity index (χ0) is 17.7. The summed E-state index contributed by atoms with van der Waals surface area (Å²) in [5.74, 6) is -1.19. The summed E-state index contributed by atoms with van der Waals surface area (Å²) < 4.78 is 5.05.